The molecule has 0 aliphatic carbocycles. The number of rotatable bonds is 5. The van der Waals surface area contributed by atoms with E-state index in [1.165, 1.54) is 15.6 Å². The van der Waals surface area contributed by atoms with E-state index in [2.05, 4.69) is 48.4 Å². The van der Waals surface area contributed by atoms with Gasteiger partial charge in [0.1, 0.15) is 5.60 Å². The zero-order valence-corrected chi connectivity index (χ0v) is 18.7. The number of carbonyl (C=O) groups excluding carboxylic acids is 1. The van der Waals surface area contributed by atoms with Gasteiger partial charge in [0.15, 0.2) is 0 Å². The maximum atomic E-state index is 12.4. The summed E-state index contributed by atoms with van der Waals surface area (Å²) in [6.07, 6.45) is 1.84. The summed E-state index contributed by atoms with van der Waals surface area (Å²) in [6.45, 7) is 14.0. The molecule has 2 heterocycles. The molecule has 5 heteroatoms. The minimum absolute atomic E-state index is 0.176. The van der Waals surface area contributed by atoms with Crippen LogP contribution in [0.3, 0.4) is 0 Å². The fourth-order valence-electron chi connectivity index (χ4n) is 3.95. The Morgan fingerprint density at radius 2 is 1.96 bits per heavy atom. The van der Waals surface area contributed by atoms with Gasteiger partial charge in [0, 0.05) is 36.9 Å². The lowest BCUT2D eigenvalue weighted by molar-refractivity contribution is 0.0129. The highest BCUT2D eigenvalue weighted by molar-refractivity contribution is 7.17. The fourth-order valence-corrected chi connectivity index (χ4v) is 4.86. The zero-order valence-electron chi connectivity index (χ0n) is 17.9. The Morgan fingerprint density at radius 3 is 2.61 bits per heavy atom. The highest BCUT2D eigenvalue weighted by Gasteiger charge is 2.30. The Morgan fingerprint density at radius 1 is 1.25 bits per heavy atom. The van der Waals surface area contributed by atoms with Crippen LogP contribution in [0.4, 0.5) is 4.79 Å². The van der Waals surface area contributed by atoms with Crippen molar-refractivity contribution in [1.82, 2.24) is 9.80 Å². The molecule has 1 saturated heterocycles. The Hall–Kier alpha value is -1.59. The first kappa shape index (κ1) is 21.1. The summed E-state index contributed by atoms with van der Waals surface area (Å²) >= 11 is 1.83. The minimum Gasteiger partial charge on any atom is -0.444 e. The van der Waals surface area contributed by atoms with Gasteiger partial charge in [-0.1, -0.05) is 32.0 Å². The molecule has 0 spiro atoms. The van der Waals surface area contributed by atoms with Crippen LogP contribution in [-0.4, -0.2) is 47.2 Å². The molecule has 0 bridgehead atoms. The van der Waals surface area contributed by atoms with Crippen LogP contribution in [-0.2, 0) is 11.3 Å². The van der Waals surface area contributed by atoms with Gasteiger partial charge in [0.25, 0.3) is 0 Å². The fraction of sp³-hybridized carbons (Fsp3) is 0.609. The molecule has 1 aromatic carbocycles. The zero-order chi connectivity index (χ0) is 20.3. The summed E-state index contributed by atoms with van der Waals surface area (Å²) in [5, 5.41) is 3.52. The van der Waals surface area contributed by atoms with Crippen LogP contribution in [0.5, 0.6) is 0 Å². The lowest BCUT2D eigenvalue weighted by Crippen LogP contribution is -2.48. The van der Waals surface area contributed by atoms with E-state index in [1.807, 2.05) is 37.0 Å². The molecular formula is C23H34N2O2S. The van der Waals surface area contributed by atoms with E-state index >= 15 is 0 Å². The summed E-state index contributed by atoms with van der Waals surface area (Å²) in [7, 11) is 0. The molecule has 0 N–H and O–H groups in total. The number of benzene rings is 1. The largest absolute Gasteiger partial charge is 0.444 e. The predicted octanol–water partition coefficient (Wildman–Crippen LogP) is 5.76. The SMILES string of the molecule is CC(C)CN(Cc1cccc2ccsc12)C1CCN(C(=O)OC(C)(C)C)CC1. The van der Waals surface area contributed by atoms with Crippen molar-refractivity contribution in [3.63, 3.8) is 0 Å². The molecular weight excluding hydrogens is 368 g/mol. The number of nitrogens with zero attached hydrogens (tertiary/aromatic N) is 2. The van der Waals surface area contributed by atoms with Crippen LogP contribution in [0.2, 0.25) is 0 Å². The molecule has 1 aromatic heterocycles. The van der Waals surface area contributed by atoms with Gasteiger partial charge >= 0.3 is 6.09 Å². The van der Waals surface area contributed by atoms with Crippen molar-refractivity contribution in [1.29, 1.82) is 0 Å². The summed E-state index contributed by atoms with van der Waals surface area (Å²) in [4.78, 5) is 16.9. The number of amides is 1. The van der Waals surface area contributed by atoms with E-state index in [0.29, 0.717) is 12.0 Å². The Balaban J connectivity index is 1.66. The van der Waals surface area contributed by atoms with E-state index in [0.717, 1.165) is 39.0 Å². The highest BCUT2D eigenvalue weighted by Crippen LogP contribution is 2.28. The number of thiophene rings is 1. The van der Waals surface area contributed by atoms with Crippen LogP contribution in [0, 0.1) is 5.92 Å². The molecule has 0 radical (unpaired) electrons. The van der Waals surface area contributed by atoms with Crippen molar-refractivity contribution < 1.29 is 9.53 Å². The maximum absolute atomic E-state index is 12.4. The summed E-state index contributed by atoms with van der Waals surface area (Å²) < 4.78 is 6.95. The van der Waals surface area contributed by atoms with Gasteiger partial charge in [-0.3, -0.25) is 4.90 Å². The van der Waals surface area contributed by atoms with Crippen molar-refractivity contribution in [3.05, 3.63) is 35.2 Å². The molecule has 0 saturated carbocycles. The summed E-state index contributed by atoms with van der Waals surface area (Å²) in [6, 6.07) is 9.35. The number of hydrogen-bond donors (Lipinski definition) is 0. The average Bonchev–Trinajstić information content (AvgIpc) is 3.09. The number of hydrogen-bond acceptors (Lipinski definition) is 4. The number of carbonyl (C=O) groups is 1. The summed E-state index contributed by atoms with van der Waals surface area (Å²) in [5.74, 6) is 0.617. The normalized spacial score (nSPS) is 16.3. The molecule has 0 unspecified atom stereocenters. The van der Waals surface area contributed by atoms with Crippen molar-refractivity contribution >= 4 is 27.5 Å². The first-order chi connectivity index (χ1) is 13.2. The highest BCUT2D eigenvalue weighted by atomic mass is 32.1. The number of piperidine rings is 1. The van der Waals surface area contributed by atoms with E-state index < -0.39 is 5.60 Å². The molecule has 154 valence electrons. The Labute approximate surface area is 173 Å². The second-order valence-electron chi connectivity index (χ2n) is 9.28. The van der Waals surface area contributed by atoms with Crippen molar-refractivity contribution in [2.45, 2.75) is 65.6 Å². The van der Waals surface area contributed by atoms with Crippen molar-refractivity contribution in [2.75, 3.05) is 19.6 Å². The van der Waals surface area contributed by atoms with E-state index in [9.17, 15) is 4.79 Å². The minimum atomic E-state index is -0.434. The maximum Gasteiger partial charge on any atom is 0.410 e. The lowest BCUT2D eigenvalue weighted by atomic mass is 10.0. The predicted molar refractivity (Wildman–Crippen MR) is 118 cm³/mol. The molecule has 1 aliphatic heterocycles. The Kier molecular flexibility index (Phi) is 6.66. The van der Waals surface area contributed by atoms with Crippen LogP contribution >= 0.6 is 11.3 Å². The second-order valence-corrected chi connectivity index (χ2v) is 10.2. The van der Waals surface area contributed by atoms with E-state index in [4.69, 9.17) is 4.74 Å². The Bertz CT molecular complexity index is 785. The van der Waals surface area contributed by atoms with Gasteiger partial charge in [-0.05, 0) is 61.9 Å². The third-order valence-electron chi connectivity index (χ3n) is 5.17. The third-order valence-corrected chi connectivity index (χ3v) is 6.17. The van der Waals surface area contributed by atoms with Gasteiger partial charge in [0.2, 0.25) is 0 Å². The molecule has 3 rings (SSSR count). The van der Waals surface area contributed by atoms with Crippen molar-refractivity contribution in [2.24, 2.45) is 5.92 Å². The first-order valence-electron chi connectivity index (χ1n) is 10.4. The van der Waals surface area contributed by atoms with Gasteiger partial charge in [0.05, 0.1) is 0 Å². The van der Waals surface area contributed by atoms with Crippen LogP contribution in [0.1, 0.15) is 53.0 Å². The average molecular weight is 403 g/mol. The molecule has 1 aliphatic rings. The monoisotopic (exact) mass is 402 g/mol. The van der Waals surface area contributed by atoms with Crippen LogP contribution in [0.25, 0.3) is 10.1 Å². The molecule has 0 atom stereocenters. The lowest BCUT2D eigenvalue weighted by Gasteiger charge is -2.39. The molecule has 4 nitrogen and oxygen atoms in total. The number of likely N-dealkylation sites (tertiary alicyclic amines) is 1. The molecule has 28 heavy (non-hydrogen) atoms. The first-order valence-corrected chi connectivity index (χ1v) is 11.3. The molecule has 1 amide bonds. The van der Waals surface area contributed by atoms with Gasteiger partial charge in [-0.15, -0.1) is 11.3 Å². The topological polar surface area (TPSA) is 32.8 Å². The smallest absolute Gasteiger partial charge is 0.410 e. The molecule has 2 aromatic rings. The van der Waals surface area contributed by atoms with Gasteiger partial charge in [-0.2, -0.15) is 0 Å². The van der Waals surface area contributed by atoms with E-state index in [1.54, 1.807) is 0 Å². The van der Waals surface area contributed by atoms with Gasteiger partial charge < -0.3 is 9.64 Å². The number of fused-ring (bicyclic) bond motifs is 1. The summed E-state index contributed by atoms with van der Waals surface area (Å²) in [5.41, 5.74) is 0.986. The molecule has 1 fully saturated rings. The van der Waals surface area contributed by atoms with E-state index in [-0.39, 0.29) is 6.09 Å². The van der Waals surface area contributed by atoms with Crippen molar-refractivity contribution in [3.8, 4) is 0 Å². The quantitative estimate of drug-likeness (QED) is 0.637. The third kappa shape index (κ3) is 5.48. The van der Waals surface area contributed by atoms with Gasteiger partial charge in [-0.25, -0.2) is 4.79 Å². The van der Waals surface area contributed by atoms with Crippen LogP contribution in [0.15, 0.2) is 29.6 Å². The van der Waals surface area contributed by atoms with Crippen LogP contribution < -0.4 is 0 Å². The second kappa shape index (κ2) is 8.83. The number of ether oxygens (including phenoxy) is 1. The standard InChI is InChI=1S/C23H34N2O2S/c1-17(2)15-25(16-19-8-6-7-18-11-14-28-21(18)19)20-9-12-24(13-10-20)22(26)27-23(3,4)5/h6-8,11,14,17,20H,9-10,12-13,15-16H2,1-5H3.